The first kappa shape index (κ1) is 14.3. The molecule has 0 radical (unpaired) electrons. The number of carbonyl (C=O) groups is 1. The molecule has 1 N–H and O–H groups in total. The maximum absolute atomic E-state index is 12.3. The van der Waals surface area contributed by atoms with E-state index in [-0.39, 0.29) is 11.2 Å². The molecule has 2 saturated carbocycles. The maximum atomic E-state index is 12.3. The fraction of sp³-hybridized carbons (Fsp3) is 0.562. The van der Waals surface area contributed by atoms with E-state index in [0.29, 0.717) is 6.04 Å². The third kappa shape index (κ3) is 3.15. The van der Waals surface area contributed by atoms with Crippen LogP contribution in [0, 0.1) is 11.8 Å². The van der Waals surface area contributed by atoms with Crippen molar-refractivity contribution in [1.82, 2.24) is 5.32 Å². The first-order valence-corrected chi connectivity index (χ1v) is 8.60. The van der Waals surface area contributed by atoms with Crippen LogP contribution in [0.25, 0.3) is 0 Å². The molecule has 0 spiro atoms. The Kier molecular flexibility index (Phi) is 4.27. The summed E-state index contributed by atoms with van der Waals surface area (Å²) in [4.78, 5) is 13.4. The van der Waals surface area contributed by atoms with Gasteiger partial charge in [-0.2, -0.15) is 0 Å². The van der Waals surface area contributed by atoms with Crippen LogP contribution in [-0.4, -0.2) is 17.2 Å². The summed E-state index contributed by atoms with van der Waals surface area (Å²) in [5, 5.41) is 3.93. The zero-order chi connectivity index (χ0) is 14.1. The van der Waals surface area contributed by atoms with Crippen molar-refractivity contribution in [3.8, 4) is 0 Å². The summed E-state index contributed by atoms with van der Waals surface area (Å²) in [7, 11) is 0. The fourth-order valence-corrected chi connectivity index (χ4v) is 4.49. The standard InChI is InChI=1S/C16H20ClNOS/c1-10(20-14-6-4-13(17)5-7-14)16(19)18-15-9-11-2-3-12(15)8-11/h4-7,10-12,15H,2-3,8-9H2,1H3,(H,18,19)/t10-,11-,12-,15-/m0/s1. The van der Waals surface area contributed by atoms with Crippen LogP contribution in [0.5, 0.6) is 0 Å². The summed E-state index contributed by atoms with van der Waals surface area (Å²) in [6, 6.07) is 8.09. The lowest BCUT2D eigenvalue weighted by Gasteiger charge is -2.24. The Morgan fingerprint density at radius 1 is 1.30 bits per heavy atom. The van der Waals surface area contributed by atoms with E-state index in [1.807, 2.05) is 31.2 Å². The van der Waals surface area contributed by atoms with Crippen molar-refractivity contribution in [3.05, 3.63) is 29.3 Å². The highest BCUT2D eigenvalue weighted by Gasteiger charge is 2.40. The number of halogens is 1. The van der Waals surface area contributed by atoms with Gasteiger partial charge in [-0.05, 0) is 62.3 Å². The second kappa shape index (κ2) is 5.98. The quantitative estimate of drug-likeness (QED) is 0.847. The molecule has 2 nitrogen and oxygen atoms in total. The van der Waals surface area contributed by atoms with Crippen LogP contribution in [-0.2, 0) is 4.79 Å². The molecule has 20 heavy (non-hydrogen) atoms. The molecule has 3 rings (SSSR count). The summed E-state index contributed by atoms with van der Waals surface area (Å²) in [5.74, 6) is 1.77. The van der Waals surface area contributed by atoms with Crippen LogP contribution in [0.1, 0.15) is 32.6 Å². The summed E-state index contributed by atoms with van der Waals surface area (Å²) in [6.45, 7) is 1.97. The van der Waals surface area contributed by atoms with E-state index in [9.17, 15) is 4.79 Å². The zero-order valence-corrected chi connectivity index (χ0v) is 13.2. The van der Waals surface area contributed by atoms with Gasteiger partial charge in [0.2, 0.25) is 5.91 Å². The fourth-order valence-electron chi connectivity index (χ4n) is 3.49. The molecule has 0 heterocycles. The number of rotatable bonds is 4. The average Bonchev–Trinajstić information content (AvgIpc) is 3.03. The molecule has 0 saturated heterocycles. The summed E-state index contributed by atoms with van der Waals surface area (Å²) < 4.78 is 0. The van der Waals surface area contributed by atoms with Gasteiger partial charge in [-0.25, -0.2) is 0 Å². The van der Waals surface area contributed by atoms with Crippen molar-refractivity contribution >= 4 is 29.3 Å². The molecular formula is C16H20ClNOS. The number of hydrogen-bond acceptors (Lipinski definition) is 2. The number of amides is 1. The first-order chi connectivity index (χ1) is 9.61. The molecule has 108 valence electrons. The average molecular weight is 310 g/mol. The zero-order valence-electron chi connectivity index (χ0n) is 11.6. The SMILES string of the molecule is C[C@H](Sc1ccc(Cl)cc1)C(=O)N[C@H]1C[C@H]2CC[C@H]1C2. The third-order valence-electron chi connectivity index (χ3n) is 4.56. The van der Waals surface area contributed by atoms with Crippen molar-refractivity contribution in [3.63, 3.8) is 0 Å². The van der Waals surface area contributed by atoms with Crippen molar-refractivity contribution in [1.29, 1.82) is 0 Å². The van der Waals surface area contributed by atoms with Crippen molar-refractivity contribution in [2.45, 2.75) is 48.8 Å². The van der Waals surface area contributed by atoms with Gasteiger partial charge in [0, 0.05) is 16.0 Å². The predicted octanol–water partition coefficient (Wildman–Crippen LogP) is 4.13. The monoisotopic (exact) mass is 309 g/mol. The molecule has 1 aromatic rings. The van der Waals surface area contributed by atoms with Gasteiger partial charge >= 0.3 is 0 Å². The third-order valence-corrected chi connectivity index (χ3v) is 5.93. The molecule has 0 unspecified atom stereocenters. The Labute approximate surface area is 129 Å². The Morgan fingerprint density at radius 2 is 2.05 bits per heavy atom. The van der Waals surface area contributed by atoms with E-state index >= 15 is 0 Å². The molecule has 1 aromatic carbocycles. The van der Waals surface area contributed by atoms with E-state index in [1.165, 1.54) is 25.7 Å². The number of hydrogen-bond donors (Lipinski definition) is 1. The van der Waals surface area contributed by atoms with Gasteiger partial charge in [-0.15, -0.1) is 11.8 Å². The van der Waals surface area contributed by atoms with Gasteiger partial charge in [-0.3, -0.25) is 4.79 Å². The number of fused-ring (bicyclic) bond motifs is 2. The first-order valence-electron chi connectivity index (χ1n) is 7.34. The lowest BCUT2D eigenvalue weighted by molar-refractivity contribution is -0.121. The number of carbonyl (C=O) groups excluding carboxylic acids is 1. The van der Waals surface area contributed by atoms with E-state index in [0.717, 1.165) is 21.8 Å². The summed E-state index contributed by atoms with van der Waals surface area (Å²) >= 11 is 7.46. The molecule has 1 amide bonds. The molecule has 0 aliphatic heterocycles. The summed E-state index contributed by atoms with van der Waals surface area (Å²) in [6.07, 6.45) is 5.18. The highest BCUT2D eigenvalue weighted by atomic mass is 35.5. The van der Waals surface area contributed by atoms with Crippen LogP contribution < -0.4 is 5.32 Å². The molecule has 0 aromatic heterocycles. The van der Waals surface area contributed by atoms with Gasteiger partial charge in [0.25, 0.3) is 0 Å². The van der Waals surface area contributed by atoms with E-state index < -0.39 is 0 Å². The minimum absolute atomic E-state index is 0.0599. The van der Waals surface area contributed by atoms with Crippen LogP contribution in [0.4, 0.5) is 0 Å². The van der Waals surface area contributed by atoms with Crippen molar-refractivity contribution < 1.29 is 4.79 Å². The smallest absolute Gasteiger partial charge is 0.233 e. The molecule has 2 fully saturated rings. The van der Waals surface area contributed by atoms with Crippen molar-refractivity contribution in [2.24, 2.45) is 11.8 Å². The Hall–Kier alpha value is -0.670. The van der Waals surface area contributed by atoms with Gasteiger partial charge in [0.1, 0.15) is 0 Å². The Morgan fingerprint density at radius 3 is 2.65 bits per heavy atom. The number of benzene rings is 1. The van der Waals surface area contributed by atoms with Crippen LogP contribution in [0.2, 0.25) is 5.02 Å². The van der Waals surface area contributed by atoms with Crippen molar-refractivity contribution in [2.75, 3.05) is 0 Å². The number of nitrogens with one attached hydrogen (secondary N) is 1. The normalized spacial score (nSPS) is 29.4. The lowest BCUT2D eigenvalue weighted by atomic mass is 9.95. The van der Waals surface area contributed by atoms with Gasteiger partial charge in [0.05, 0.1) is 5.25 Å². The second-order valence-corrected chi connectivity index (χ2v) is 7.85. The lowest BCUT2D eigenvalue weighted by Crippen LogP contribution is -2.42. The van der Waals surface area contributed by atoms with E-state index in [4.69, 9.17) is 11.6 Å². The highest BCUT2D eigenvalue weighted by molar-refractivity contribution is 8.00. The molecule has 2 bridgehead atoms. The Bertz CT molecular complexity index is 490. The maximum Gasteiger partial charge on any atom is 0.233 e. The molecule has 2 aliphatic rings. The molecular weight excluding hydrogens is 290 g/mol. The highest BCUT2D eigenvalue weighted by Crippen LogP contribution is 2.44. The van der Waals surface area contributed by atoms with Gasteiger partial charge in [-0.1, -0.05) is 18.0 Å². The molecule has 2 aliphatic carbocycles. The number of thioether (sulfide) groups is 1. The van der Waals surface area contributed by atoms with Crippen LogP contribution >= 0.6 is 23.4 Å². The molecule has 4 heteroatoms. The van der Waals surface area contributed by atoms with Crippen LogP contribution in [0.3, 0.4) is 0 Å². The minimum Gasteiger partial charge on any atom is -0.352 e. The Balaban J connectivity index is 1.53. The van der Waals surface area contributed by atoms with Gasteiger partial charge < -0.3 is 5.32 Å². The van der Waals surface area contributed by atoms with E-state index in [1.54, 1.807) is 11.8 Å². The van der Waals surface area contributed by atoms with Crippen LogP contribution in [0.15, 0.2) is 29.2 Å². The minimum atomic E-state index is -0.0599. The predicted molar refractivity (Wildman–Crippen MR) is 84.1 cm³/mol. The van der Waals surface area contributed by atoms with E-state index in [2.05, 4.69) is 5.32 Å². The van der Waals surface area contributed by atoms with Gasteiger partial charge in [0.15, 0.2) is 0 Å². The molecule has 4 atom stereocenters. The summed E-state index contributed by atoms with van der Waals surface area (Å²) in [5.41, 5.74) is 0. The second-order valence-electron chi connectivity index (χ2n) is 6.00. The topological polar surface area (TPSA) is 29.1 Å². The largest absolute Gasteiger partial charge is 0.352 e.